The zero-order valence-corrected chi connectivity index (χ0v) is 20.3. The molecule has 174 valence electrons. The van der Waals surface area contributed by atoms with Gasteiger partial charge in [0.25, 0.3) is 0 Å². The van der Waals surface area contributed by atoms with Gasteiger partial charge in [-0.05, 0) is 68.0 Å². The fourth-order valence-corrected chi connectivity index (χ4v) is 4.67. The quantitative estimate of drug-likeness (QED) is 0.356. The fourth-order valence-electron chi connectivity index (χ4n) is 3.95. The summed E-state index contributed by atoms with van der Waals surface area (Å²) in [6.07, 6.45) is 4.10. The first-order chi connectivity index (χ1) is 16.4. The second-order valence-corrected chi connectivity index (χ2v) is 10.2. The van der Waals surface area contributed by atoms with Crippen molar-refractivity contribution in [3.63, 3.8) is 0 Å². The van der Waals surface area contributed by atoms with Gasteiger partial charge < -0.3 is 19.9 Å². The SMILES string of the molecule is CC(C)(C)OC(=O)N1CC=C(c2cc3c(Nc4cccc(-c5cccs5)c4)ncnc3[nH]2)CC1. The minimum Gasteiger partial charge on any atom is -0.444 e. The average molecular weight is 474 g/mol. The monoisotopic (exact) mass is 473 g/mol. The Hall–Kier alpha value is -3.65. The Balaban J connectivity index is 1.36. The maximum atomic E-state index is 12.4. The smallest absolute Gasteiger partial charge is 0.410 e. The molecule has 5 rings (SSSR count). The van der Waals surface area contributed by atoms with Gasteiger partial charge in [-0.2, -0.15) is 0 Å². The fraction of sp³-hybridized carbons (Fsp3) is 0.269. The third-order valence-corrected chi connectivity index (χ3v) is 6.48. The van der Waals surface area contributed by atoms with Crippen molar-refractivity contribution in [2.24, 2.45) is 0 Å². The standard InChI is InChI=1S/C26H27N5O2S/c1-26(2,3)33-25(32)31-11-9-17(10-12-31)21-15-20-23(27-16-28-24(20)30-21)29-19-7-4-6-18(14-19)22-8-5-13-34-22/h4-9,13-16H,10-12H2,1-3H3,(H2,27,28,29,30). The number of nitrogens with one attached hydrogen (secondary N) is 2. The van der Waals surface area contributed by atoms with Crippen molar-refractivity contribution in [2.45, 2.75) is 32.8 Å². The van der Waals surface area contributed by atoms with Crippen LogP contribution in [0.2, 0.25) is 0 Å². The lowest BCUT2D eigenvalue weighted by atomic mass is 10.1. The Bertz CT molecular complexity index is 1350. The predicted octanol–water partition coefficient (Wildman–Crippen LogP) is 6.45. The lowest BCUT2D eigenvalue weighted by molar-refractivity contribution is 0.0270. The number of anilines is 2. The van der Waals surface area contributed by atoms with Crippen LogP contribution in [0.1, 0.15) is 32.9 Å². The van der Waals surface area contributed by atoms with Crippen LogP contribution < -0.4 is 5.32 Å². The van der Waals surface area contributed by atoms with Crippen LogP contribution in [0.15, 0.2) is 60.2 Å². The van der Waals surface area contributed by atoms with Gasteiger partial charge in [0.1, 0.15) is 23.4 Å². The summed E-state index contributed by atoms with van der Waals surface area (Å²) in [4.78, 5) is 27.6. The highest BCUT2D eigenvalue weighted by atomic mass is 32.1. The minimum atomic E-state index is -0.496. The summed E-state index contributed by atoms with van der Waals surface area (Å²) in [5, 5.41) is 6.46. The van der Waals surface area contributed by atoms with E-state index in [0.29, 0.717) is 13.1 Å². The molecule has 0 aliphatic carbocycles. The van der Waals surface area contributed by atoms with Gasteiger partial charge in [-0.1, -0.05) is 24.3 Å². The third kappa shape index (κ3) is 4.82. The Morgan fingerprint density at radius 3 is 2.79 bits per heavy atom. The van der Waals surface area contributed by atoms with Crippen molar-refractivity contribution in [2.75, 3.05) is 18.4 Å². The molecule has 1 amide bonds. The summed E-state index contributed by atoms with van der Waals surface area (Å²) in [6.45, 7) is 6.78. The molecular formula is C26H27N5O2S. The van der Waals surface area contributed by atoms with Gasteiger partial charge in [-0.15, -0.1) is 11.3 Å². The predicted molar refractivity (Wildman–Crippen MR) is 137 cm³/mol. The molecule has 34 heavy (non-hydrogen) atoms. The van der Waals surface area contributed by atoms with Crippen molar-refractivity contribution < 1.29 is 9.53 Å². The first-order valence-electron chi connectivity index (χ1n) is 11.3. The molecule has 0 saturated carbocycles. The summed E-state index contributed by atoms with van der Waals surface area (Å²) in [7, 11) is 0. The van der Waals surface area contributed by atoms with Crippen LogP contribution in [0, 0.1) is 0 Å². The molecule has 1 aromatic carbocycles. The minimum absolute atomic E-state index is 0.276. The molecule has 1 aliphatic heterocycles. The highest BCUT2D eigenvalue weighted by Crippen LogP contribution is 2.31. The summed E-state index contributed by atoms with van der Waals surface area (Å²) >= 11 is 1.72. The van der Waals surface area contributed by atoms with E-state index in [4.69, 9.17) is 4.74 Å². The van der Waals surface area contributed by atoms with E-state index >= 15 is 0 Å². The molecule has 8 heteroatoms. The number of hydrogen-bond acceptors (Lipinski definition) is 6. The van der Waals surface area contributed by atoms with Crippen LogP contribution in [0.5, 0.6) is 0 Å². The molecule has 3 aromatic heterocycles. The first-order valence-corrected chi connectivity index (χ1v) is 12.2. The summed E-state index contributed by atoms with van der Waals surface area (Å²) in [6, 6.07) is 14.6. The number of benzene rings is 1. The number of hydrogen-bond donors (Lipinski definition) is 2. The second kappa shape index (κ2) is 8.95. The molecule has 2 N–H and O–H groups in total. The van der Waals surface area contributed by atoms with E-state index in [0.717, 1.165) is 40.2 Å². The van der Waals surface area contributed by atoms with Crippen LogP contribution in [-0.4, -0.2) is 44.6 Å². The Labute approximate surface area is 202 Å². The highest BCUT2D eigenvalue weighted by Gasteiger charge is 2.24. The van der Waals surface area contributed by atoms with E-state index in [1.54, 1.807) is 22.6 Å². The Kier molecular flexibility index (Phi) is 5.83. The van der Waals surface area contributed by atoms with Crippen molar-refractivity contribution in [1.29, 1.82) is 0 Å². The van der Waals surface area contributed by atoms with Gasteiger partial charge in [0.2, 0.25) is 0 Å². The van der Waals surface area contributed by atoms with Gasteiger partial charge in [-0.25, -0.2) is 14.8 Å². The number of rotatable bonds is 4. The molecule has 4 aromatic rings. The van der Waals surface area contributed by atoms with Crippen molar-refractivity contribution in [3.8, 4) is 10.4 Å². The van der Waals surface area contributed by atoms with Crippen LogP contribution in [0.25, 0.3) is 27.0 Å². The second-order valence-electron chi connectivity index (χ2n) is 9.26. The van der Waals surface area contributed by atoms with Crippen LogP contribution in [0.4, 0.5) is 16.3 Å². The van der Waals surface area contributed by atoms with Crippen molar-refractivity contribution in [3.05, 3.63) is 65.9 Å². The third-order valence-electron chi connectivity index (χ3n) is 5.56. The van der Waals surface area contributed by atoms with E-state index in [9.17, 15) is 4.79 Å². The topological polar surface area (TPSA) is 83.1 Å². The number of nitrogens with zero attached hydrogens (tertiary/aromatic N) is 3. The van der Waals surface area contributed by atoms with E-state index in [1.807, 2.05) is 32.9 Å². The van der Waals surface area contributed by atoms with E-state index < -0.39 is 5.60 Å². The van der Waals surface area contributed by atoms with E-state index in [1.165, 1.54) is 10.4 Å². The van der Waals surface area contributed by atoms with E-state index in [2.05, 4.69) is 62.1 Å². The lowest BCUT2D eigenvalue weighted by Gasteiger charge is -2.29. The zero-order valence-electron chi connectivity index (χ0n) is 19.5. The number of ether oxygens (including phenoxy) is 1. The Morgan fingerprint density at radius 2 is 2.06 bits per heavy atom. The Morgan fingerprint density at radius 1 is 1.18 bits per heavy atom. The summed E-state index contributed by atoms with van der Waals surface area (Å²) < 4.78 is 5.49. The van der Waals surface area contributed by atoms with Gasteiger partial charge >= 0.3 is 6.09 Å². The van der Waals surface area contributed by atoms with Crippen molar-refractivity contribution in [1.82, 2.24) is 19.9 Å². The molecule has 0 fully saturated rings. The molecule has 4 heterocycles. The molecule has 0 saturated heterocycles. The number of fused-ring (bicyclic) bond motifs is 1. The normalized spacial score (nSPS) is 14.2. The molecule has 0 atom stereocenters. The van der Waals surface area contributed by atoms with Gasteiger partial charge in [0.05, 0.1) is 5.39 Å². The maximum Gasteiger partial charge on any atom is 0.410 e. The number of amides is 1. The highest BCUT2D eigenvalue weighted by molar-refractivity contribution is 7.13. The lowest BCUT2D eigenvalue weighted by Crippen LogP contribution is -2.39. The number of aromatic nitrogens is 3. The molecule has 0 radical (unpaired) electrons. The van der Waals surface area contributed by atoms with Gasteiger partial charge in [0.15, 0.2) is 0 Å². The number of carbonyl (C=O) groups excluding carboxylic acids is 1. The van der Waals surface area contributed by atoms with Crippen LogP contribution >= 0.6 is 11.3 Å². The molecule has 1 aliphatic rings. The number of carbonyl (C=O) groups is 1. The van der Waals surface area contributed by atoms with Crippen molar-refractivity contribution >= 4 is 45.5 Å². The van der Waals surface area contributed by atoms with Gasteiger partial charge in [0, 0.05) is 29.3 Å². The van der Waals surface area contributed by atoms with E-state index in [-0.39, 0.29) is 6.09 Å². The van der Waals surface area contributed by atoms with Crippen LogP contribution in [-0.2, 0) is 4.74 Å². The summed E-state index contributed by atoms with van der Waals surface area (Å²) in [5.41, 5.74) is 4.57. The van der Waals surface area contributed by atoms with Crippen LogP contribution in [0.3, 0.4) is 0 Å². The first kappa shape index (κ1) is 22.2. The zero-order chi connectivity index (χ0) is 23.7. The molecule has 0 spiro atoms. The average Bonchev–Trinajstić information content (AvgIpc) is 3.49. The molecule has 0 bridgehead atoms. The molecule has 0 unspecified atom stereocenters. The number of H-pyrrole nitrogens is 1. The summed E-state index contributed by atoms with van der Waals surface area (Å²) in [5.74, 6) is 0.752. The molecule has 7 nitrogen and oxygen atoms in total. The number of thiophene rings is 1. The molecular weight excluding hydrogens is 446 g/mol. The van der Waals surface area contributed by atoms with Gasteiger partial charge in [-0.3, -0.25) is 0 Å². The number of aromatic amines is 1. The maximum absolute atomic E-state index is 12.4. The largest absolute Gasteiger partial charge is 0.444 e.